The molecule has 2 aromatic heterocycles. The fraction of sp³-hybridized carbons (Fsp3) is 0.448. The first-order valence-electron chi connectivity index (χ1n) is 13.9. The molecule has 13 heteroatoms. The predicted molar refractivity (Wildman–Crippen MR) is 152 cm³/mol. The van der Waals surface area contributed by atoms with Gasteiger partial charge in [-0.1, -0.05) is 12.1 Å². The first-order chi connectivity index (χ1) is 20.3. The molecule has 0 aliphatic carbocycles. The highest BCUT2D eigenvalue weighted by atomic mass is 16.5. The van der Waals surface area contributed by atoms with Gasteiger partial charge in [-0.25, -0.2) is 4.98 Å². The number of rotatable bonds is 4. The van der Waals surface area contributed by atoms with Crippen LogP contribution in [0.3, 0.4) is 0 Å². The molecule has 1 aromatic carbocycles. The Hall–Kier alpha value is -4.68. The van der Waals surface area contributed by atoms with E-state index in [0.717, 1.165) is 11.3 Å². The van der Waals surface area contributed by atoms with E-state index in [4.69, 9.17) is 14.6 Å². The Bertz CT molecular complexity index is 1390. The van der Waals surface area contributed by atoms with Crippen molar-refractivity contribution in [1.82, 2.24) is 34.4 Å². The lowest BCUT2D eigenvalue weighted by molar-refractivity contribution is -0.130. The van der Waals surface area contributed by atoms with Crippen LogP contribution in [0.5, 0.6) is 5.75 Å². The van der Waals surface area contributed by atoms with Gasteiger partial charge in [0.2, 0.25) is 11.8 Å². The summed E-state index contributed by atoms with van der Waals surface area (Å²) >= 11 is 0. The second kappa shape index (κ2) is 14.3. The van der Waals surface area contributed by atoms with Crippen LogP contribution >= 0.6 is 0 Å². The summed E-state index contributed by atoms with van der Waals surface area (Å²) in [6.45, 7) is 2.27. The van der Waals surface area contributed by atoms with Crippen molar-refractivity contribution in [2.75, 3.05) is 39.3 Å². The minimum atomic E-state index is -0.365. The largest absolute Gasteiger partial charge is 0.492 e. The number of imidazole rings is 1. The summed E-state index contributed by atoms with van der Waals surface area (Å²) in [6.07, 6.45) is 6.46. The van der Waals surface area contributed by atoms with Gasteiger partial charge in [0.25, 0.3) is 12.4 Å². The van der Waals surface area contributed by atoms with E-state index < -0.39 is 0 Å². The van der Waals surface area contributed by atoms with Gasteiger partial charge in [-0.05, 0) is 36.6 Å². The predicted octanol–water partition coefficient (Wildman–Crippen LogP) is 1.07. The first-order valence-corrected chi connectivity index (χ1v) is 13.9. The Morgan fingerprint density at radius 3 is 2.64 bits per heavy atom. The first kappa shape index (κ1) is 30.3. The molecule has 0 saturated carbocycles. The number of aromatic nitrogens is 4. The third-order valence-corrected chi connectivity index (χ3v) is 7.67. The highest BCUT2D eigenvalue weighted by Gasteiger charge is 2.40. The number of hydrogen-bond donors (Lipinski definition) is 2. The van der Waals surface area contributed by atoms with E-state index in [1.807, 2.05) is 42.3 Å². The molecule has 4 heterocycles. The van der Waals surface area contributed by atoms with Gasteiger partial charge in [-0.15, -0.1) is 0 Å². The molecule has 2 N–H and O–H groups in total. The number of aryl methyl sites for hydroxylation is 3. The Labute approximate surface area is 244 Å². The number of hydrogen-bond acceptors (Lipinski definition) is 7. The van der Waals surface area contributed by atoms with Crippen molar-refractivity contribution in [3.63, 3.8) is 0 Å². The Kier molecular flexibility index (Phi) is 10.3. The number of carbonyl (C=O) groups excluding carboxylic acids is 3. The zero-order valence-corrected chi connectivity index (χ0v) is 23.9. The second-order valence-corrected chi connectivity index (χ2v) is 10.3. The van der Waals surface area contributed by atoms with Gasteiger partial charge in [-0.3, -0.25) is 23.9 Å². The third kappa shape index (κ3) is 7.33. The fourth-order valence-corrected chi connectivity index (χ4v) is 5.41. The van der Waals surface area contributed by atoms with Crippen molar-refractivity contribution in [3.05, 3.63) is 66.0 Å². The summed E-state index contributed by atoms with van der Waals surface area (Å²) < 4.78 is 9.53. The minimum absolute atomic E-state index is 0.0335. The van der Waals surface area contributed by atoms with Gasteiger partial charge in [0, 0.05) is 64.5 Å². The molecule has 0 spiro atoms. The van der Waals surface area contributed by atoms with Gasteiger partial charge < -0.3 is 29.5 Å². The van der Waals surface area contributed by atoms with Crippen LogP contribution < -0.4 is 10.1 Å². The van der Waals surface area contributed by atoms with Crippen LogP contribution in [0.15, 0.2) is 49.1 Å². The van der Waals surface area contributed by atoms with Gasteiger partial charge >= 0.3 is 0 Å². The molecule has 0 unspecified atom stereocenters. The number of nitrogens with one attached hydrogen (secondary N) is 1. The average molecular weight is 580 g/mol. The highest BCUT2D eigenvalue weighted by molar-refractivity contribution is 5.92. The number of ether oxygens (including phenoxy) is 1. The number of carboxylic acid groups (broad SMARTS) is 1. The van der Waals surface area contributed by atoms with E-state index in [9.17, 15) is 14.4 Å². The maximum absolute atomic E-state index is 13.4. The number of nitrogens with zero attached hydrogens (tertiary/aromatic N) is 6. The van der Waals surface area contributed by atoms with Crippen LogP contribution in [0, 0.1) is 5.92 Å². The molecule has 13 nitrogen and oxygen atoms in total. The Morgan fingerprint density at radius 2 is 1.93 bits per heavy atom. The number of fused-ring (bicyclic) bond motifs is 4. The van der Waals surface area contributed by atoms with E-state index >= 15 is 0 Å². The van der Waals surface area contributed by atoms with Gasteiger partial charge in [-0.2, -0.15) is 5.10 Å². The highest BCUT2D eigenvalue weighted by Crippen LogP contribution is 2.35. The zero-order valence-electron chi connectivity index (χ0n) is 23.9. The Balaban J connectivity index is 0.00000129. The smallest absolute Gasteiger partial charge is 0.290 e. The SMILES string of the molecule is Cn1cncc1C(=O)N1CCCNC(=O)[C@H]2CN(C(=O)CCc3ccnn3C)C[C@@H]2c2cccc(c2)OCC1.O=CO. The molecular formula is C29H37N7O6. The minimum Gasteiger partial charge on any atom is -0.492 e. The van der Waals surface area contributed by atoms with Crippen molar-refractivity contribution in [2.45, 2.75) is 25.2 Å². The monoisotopic (exact) mass is 579 g/mol. The normalized spacial score (nSPS) is 19.0. The summed E-state index contributed by atoms with van der Waals surface area (Å²) in [5.41, 5.74) is 2.47. The summed E-state index contributed by atoms with van der Waals surface area (Å²) in [6, 6.07) is 9.65. The van der Waals surface area contributed by atoms with Gasteiger partial charge in [0.05, 0.1) is 25.0 Å². The lowest BCUT2D eigenvalue weighted by Crippen LogP contribution is -2.39. The van der Waals surface area contributed by atoms with Crippen LogP contribution in [0.4, 0.5) is 0 Å². The average Bonchev–Trinajstić information content (AvgIpc) is 3.72. The maximum atomic E-state index is 13.4. The van der Waals surface area contributed by atoms with Crippen molar-refractivity contribution in [2.24, 2.45) is 20.0 Å². The summed E-state index contributed by atoms with van der Waals surface area (Å²) in [5, 5.41) is 14.1. The van der Waals surface area contributed by atoms with E-state index in [1.165, 1.54) is 0 Å². The van der Waals surface area contributed by atoms with Gasteiger partial charge in [0.1, 0.15) is 18.1 Å². The zero-order chi connectivity index (χ0) is 30.1. The van der Waals surface area contributed by atoms with Crippen molar-refractivity contribution in [1.29, 1.82) is 0 Å². The fourth-order valence-electron chi connectivity index (χ4n) is 5.41. The summed E-state index contributed by atoms with van der Waals surface area (Å²) in [5.74, 6) is 0.0246. The number of amides is 3. The molecule has 224 valence electrons. The van der Waals surface area contributed by atoms with E-state index in [-0.39, 0.29) is 36.0 Å². The molecule has 1 saturated heterocycles. The summed E-state index contributed by atoms with van der Waals surface area (Å²) in [4.78, 5) is 55.6. The van der Waals surface area contributed by atoms with Crippen molar-refractivity contribution < 1.29 is 29.0 Å². The van der Waals surface area contributed by atoms with Crippen LogP contribution in [0.2, 0.25) is 0 Å². The molecule has 3 aromatic rings. The Morgan fingerprint density at radius 1 is 1.14 bits per heavy atom. The van der Waals surface area contributed by atoms with Crippen LogP contribution in [0.25, 0.3) is 0 Å². The van der Waals surface area contributed by atoms with Gasteiger partial charge in [0.15, 0.2) is 0 Å². The lowest BCUT2D eigenvalue weighted by atomic mass is 9.88. The molecule has 5 rings (SSSR count). The van der Waals surface area contributed by atoms with Crippen LogP contribution in [-0.2, 0) is 34.9 Å². The molecule has 2 aliphatic heterocycles. The molecule has 2 bridgehead atoms. The quantitative estimate of drug-likeness (QED) is 0.436. The van der Waals surface area contributed by atoms with Crippen LogP contribution in [-0.4, -0.2) is 97.8 Å². The number of likely N-dealkylation sites (tertiary alicyclic amines) is 1. The molecule has 3 amide bonds. The molecule has 2 aliphatic rings. The van der Waals surface area contributed by atoms with Crippen molar-refractivity contribution in [3.8, 4) is 5.75 Å². The number of benzene rings is 1. The topological polar surface area (TPSA) is 152 Å². The molecule has 0 radical (unpaired) electrons. The second-order valence-electron chi connectivity index (χ2n) is 10.3. The standard InChI is InChI=1S/C28H35N7O4.CH2O2/c1-32-19-29-16-25(32)28(38)34-12-4-10-30-27(37)24-18-35(26(36)8-7-21-9-11-31-33(21)2)17-23(24)20-5-3-6-22(15-20)39-14-13-34;2-1-3/h3,5-6,9,11,15-16,19,23-24H,4,7-8,10,12-14,17-18H2,1-2H3,(H,30,37);1H,(H,2,3)/t23-,24+;/m1./s1. The molecular weight excluding hydrogens is 542 g/mol. The van der Waals surface area contributed by atoms with E-state index in [1.54, 1.807) is 39.9 Å². The molecule has 1 fully saturated rings. The molecule has 42 heavy (non-hydrogen) atoms. The van der Waals surface area contributed by atoms with Crippen molar-refractivity contribution >= 4 is 24.2 Å². The lowest BCUT2D eigenvalue weighted by Gasteiger charge is -2.24. The molecule has 2 atom stereocenters. The third-order valence-electron chi connectivity index (χ3n) is 7.67. The van der Waals surface area contributed by atoms with E-state index in [0.29, 0.717) is 70.0 Å². The number of carbonyl (C=O) groups is 4. The van der Waals surface area contributed by atoms with E-state index in [2.05, 4.69) is 15.4 Å². The van der Waals surface area contributed by atoms with Crippen LogP contribution in [0.1, 0.15) is 40.5 Å². The maximum Gasteiger partial charge on any atom is 0.290 e. The summed E-state index contributed by atoms with van der Waals surface area (Å²) in [7, 11) is 3.66.